The van der Waals surface area contributed by atoms with Crippen molar-refractivity contribution in [2.45, 2.75) is 19.9 Å². The SMILES string of the molecule is CC(C)C1CSC(Nc2ccccc2Br)=N1. The summed E-state index contributed by atoms with van der Waals surface area (Å²) in [6, 6.07) is 8.57. The molecule has 1 aliphatic rings. The zero-order valence-electron chi connectivity index (χ0n) is 9.40. The summed E-state index contributed by atoms with van der Waals surface area (Å²) in [5.41, 5.74) is 1.08. The minimum Gasteiger partial charge on any atom is -0.334 e. The average Bonchev–Trinajstić information content (AvgIpc) is 2.70. The highest BCUT2D eigenvalue weighted by atomic mass is 79.9. The second-order valence-electron chi connectivity index (χ2n) is 4.16. The second-order valence-corrected chi connectivity index (χ2v) is 6.02. The van der Waals surface area contributed by atoms with Crippen LogP contribution in [0.1, 0.15) is 13.8 Å². The topological polar surface area (TPSA) is 24.4 Å². The quantitative estimate of drug-likeness (QED) is 0.893. The Kier molecular flexibility index (Phi) is 3.92. The van der Waals surface area contributed by atoms with Crippen LogP contribution in [-0.2, 0) is 0 Å². The standard InChI is InChI=1S/C12H15BrN2S/c1-8(2)11-7-16-12(15-11)14-10-6-4-3-5-9(10)13/h3-6,8,11H,7H2,1-2H3,(H,14,15). The summed E-state index contributed by atoms with van der Waals surface area (Å²) in [6.45, 7) is 4.44. The molecule has 1 heterocycles. The summed E-state index contributed by atoms with van der Waals surface area (Å²) >= 11 is 5.32. The molecule has 0 bridgehead atoms. The van der Waals surface area contributed by atoms with Crippen LogP contribution in [-0.4, -0.2) is 17.0 Å². The van der Waals surface area contributed by atoms with Gasteiger partial charge in [0.25, 0.3) is 0 Å². The molecule has 0 radical (unpaired) electrons. The van der Waals surface area contributed by atoms with E-state index in [9.17, 15) is 0 Å². The number of aliphatic imine (C=N–C) groups is 1. The number of hydrogen-bond acceptors (Lipinski definition) is 3. The molecule has 1 aliphatic heterocycles. The van der Waals surface area contributed by atoms with Crippen molar-refractivity contribution in [3.05, 3.63) is 28.7 Å². The third-order valence-electron chi connectivity index (χ3n) is 2.56. The van der Waals surface area contributed by atoms with Gasteiger partial charge in [-0.3, -0.25) is 4.99 Å². The van der Waals surface area contributed by atoms with Gasteiger partial charge in [0.05, 0.1) is 11.7 Å². The molecule has 2 rings (SSSR count). The maximum atomic E-state index is 4.67. The molecule has 0 aliphatic carbocycles. The summed E-state index contributed by atoms with van der Waals surface area (Å²) < 4.78 is 1.08. The van der Waals surface area contributed by atoms with E-state index in [1.807, 2.05) is 18.2 Å². The molecule has 0 amide bonds. The molecule has 16 heavy (non-hydrogen) atoms. The van der Waals surface area contributed by atoms with Crippen LogP contribution in [0.2, 0.25) is 0 Å². The molecule has 0 fully saturated rings. The number of halogens is 1. The lowest BCUT2D eigenvalue weighted by Gasteiger charge is -2.08. The summed E-state index contributed by atoms with van der Waals surface area (Å²) in [5, 5.41) is 4.39. The number of thioether (sulfide) groups is 1. The average molecular weight is 299 g/mol. The first kappa shape index (κ1) is 12.0. The van der Waals surface area contributed by atoms with Gasteiger partial charge in [0, 0.05) is 10.2 Å². The molecule has 86 valence electrons. The zero-order valence-corrected chi connectivity index (χ0v) is 11.8. The first-order valence-corrected chi connectivity index (χ1v) is 7.17. The minimum atomic E-state index is 0.454. The molecule has 2 nitrogen and oxygen atoms in total. The molecule has 1 N–H and O–H groups in total. The van der Waals surface area contributed by atoms with E-state index < -0.39 is 0 Å². The molecule has 0 saturated heterocycles. The highest BCUT2D eigenvalue weighted by Gasteiger charge is 2.21. The Labute approximate surface area is 109 Å². The Morgan fingerprint density at radius 2 is 2.19 bits per heavy atom. The van der Waals surface area contributed by atoms with Crippen molar-refractivity contribution >= 4 is 38.5 Å². The predicted octanol–water partition coefficient (Wildman–Crippen LogP) is 3.99. The fraction of sp³-hybridized carbons (Fsp3) is 0.417. The second kappa shape index (κ2) is 5.23. The lowest BCUT2D eigenvalue weighted by Crippen LogP contribution is -2.12. The van der Waals surface area contributed by atoms with Gasteiger partial charge in [-0.2, -0.15) is 0 Å². The molecule has 1 aromatic rings. The van der Waals surface area contributed by atoms with Crippen molar-refractivity contribution in [3.63, 3.8) is 0 Å². The normalized spacial score (nSPS) is 20.0. The van der Waals surface area contributed by atoms with Crippen LogP contribution in [0.15, 0.2) is 33.7 Å². The van der Waals surface area contributed by atoms with Crippen molar-refractivity contribution in [2.24, 2.45) is 10.9 Å². The molecule has 1 unspecified atom stereocenters. The molecular weight excluding hydrogens is 284 g/mol. The Morgan fingerprint density at radius 3 is 2.81 bits per heavy atom. The smallest absolute Gasteiger partial charge is 0.161 e. The number of anilines is 1. The highest BCUT2D eigenvalue weighted by molar-refractivity contribution is 9.10. The summed E-state index contributed by atoms with van der Waals surface area (Å²) in [4.78, 5) is 4.67. The van der Waals surface area contributed by atoms with E-state index in [1.165, 1.54) is 0 Å². The predicted molar refractivity (Wildman–Crippen MR) is 76.3 cm³/mol. The fourth-order valence-corrected chi connectivity index (χ4v) is 3.04. The number of amidine groups is 1. The number of para-hydroxylation sites is 1. The number of benzene rings is 1. The summed E-state index contributed by atoms with van der Waals surface area (Å²) in [7, 11) is 0. The van der Waals surface area contributed by atoms with Crippen LogP contribution < -0.4 is 5.32 Å². The Hall–Kier alpha value is -0.480. The monoisotopic (exact) mass is 298 g/mol. The van der Waals surface area contributed by atoms with Crippen LogP contribution in [0, 0.1) is 5.92 Å². The first-order valence-electron chi connectivity index (χ1n) is 5.39. The third-order valence-corrected chi connectivity index (χ3v) is 4.24. The maximum Gasteiger partial charge on any atom is 0.161 e. The van der Waals surface area contributed by atoms with Crippen molar-refractivity contribution in [3.8, 4) is 0 Å². The van der Waals surface area contributed by atoms with E-state index in [-0.39, 0.29) is 0 Å². The number of nitrogens with zero attached hydrogens (tertiary/aromatic N) is 1. The molecule has 0 saturated carbocycles. The van der Waals surface area contributed by atoms with E-state index in [4.69, 9.17) is 0 Å². The van der Waals surface area contributed by atoms with Gasteiger partial charge in [-0.05, 0) is 34.0 Å². The van der Waals surface area contributed by atoms with Crippen molar-refractivity contribution in [1.82, 2.24) is 0 Å². The van der Waals surface area contributed by atoms with E-state index in [0.717, 1.165) is 21.1 Å². The Balaban J connectivity index is 2.07. The zero-order chi connectivity index (χ0) is 11.5. The van der Waals surface area contributed by atoms with E-state index in [2.05, 4.69) is 46.2 Å². The van der Waals surface area contributed by atoms with E-state index in [0.29, 0.717) is 12.0 Å². The van der Waals surface area contributed by atoms with Crippen LogP contribution in [0.25, 0.3) is 0 Å². The maximum absolute atomic E-state index is 4.67. The van der Waals surface area contributed by atoms with Gasteiger partial charge in [0.2, 0.25) is 0 Å². The lowest BCUT2D eigenvalue weighted by molar-refractivity contribution is 0.543. The largest absolute Gasteiger partial charge is 0.334 e. The van der Waals surface area contributed by atoms with Gasteiger partial charge in [-0.1, -0.05) is 37.7 Å². The highest BCUT2D eigenvalue weighted by Crippen LogP contribution is 2.27. The van der Waals surface area contributed by atoms with Crippen LogP contribution in [0.5, 0.6) is 0 Å². The molecule has 4 heteroatoms. The van der Waals surface area contributed by atoms with Crippen molar-refractivity contribution in [1.29, 1.82) is 0 Å². The first-order chi connectivity index (χ1) is 7.66. The number of hydrogen-bond donors (Lipinski definition) is 1. The number of nitrogens with one attached hydrogen (secondary N) is 1. The van der Waals surface area contributed by atoms with Crippen LogP contribution in [0.4, 0.5) is 5.69 Å². The van der Waals surface area contributed by atoms with Gasteiger partial charge in [-0.15, -0.1) is 0 Å². The van der Waals surface area contributed by atoms with Crippen LogP contribution >= 0.6 is 27.7 Å². The number of rotatable bonds is 2. The summed E-state index contributed by atoms with van der Waals surface area (Å²) in [5.74, 6) is 1.70. The van der Waals surface area contributed by atoms with Gasteiger partial charge in [0.15, 0.2) is 5.17 Å². The Morgan fingerprint density at radius 1 is 1.44 bits per heavy atom. The summed E-state index contributed by atoms with van der Waals surface area (Å²) in [6.07, 6.45) is 0. The fourth-order valence-electron chi connectivity index (χ4n) is 1.48. The minimum absolute atomic E-state index is 0.454. The molecule has 0 spiro atoms. The Bertz CT molecular complexity index is 404. The van der Waals surface area contributed by atoms with Crippen molar-refractivity contribution in [2.75, 3.05) is 11.1 Å². The van der Waals surface area contributed by atoms with E-state index >= 15 is 0 Å². The molecule has 1 atom stereocenters. The lowest BCUT2D eigenvalue weighted by atomic mass is 10.1. The van der Waals surface area contributed by atoms with Gasteiger partial charge < -0.3 is 5.32 Å². The van der Waals surface area contributed by atoms with Crippen molar-refractivity contribution < 1.29 is 0 Å². The third kappa shape index (κ3) is 2.80. The molecular formula is C12H15BrN2S. The molecule has 1 aromatic carbocycles. The van der Waals surface area contributed by atoms with Gasteiger partial charge >= 0.3 is 0 Å². The molecule has 0 aromatic heterocycles. The van der Waals surface area contributed by atoms with Gasteiger partial charge in [-0.25, -0.2) is 0 Å². The van der Waals surface area contributed by atoms with Crippen LogP contribution in [0.3, 0.4) is 0 Å². The van der Waals surface area contributed by atoms with Gasteiger partial charge in [0.1, 0.15) is 0 Å². The van der Waals surface area contributed by atoms with E-state index in [1.54, 1.807) is 11.8 Å².